The van der Waals surface area contributed by atoms with E-state index < -0.39 is 44.4 Å². The lowest BCUT2D eigenvalue weighted by Gasteiger charge is -2.78. The number of thioether (sulfide) groups is 1. The first-order valence-electron chi connectivity index (χ1n) is 19.9. The van der Waals surface area contributed by atoms with Crippen LogP contribution in [0.1, 0.15) is 122 Å². The maximum Gasteiger partial charge on any atom is 0.375 e. The van der Waals surface area contributed by atoms with E-state index in [1.165, 1.54) is 28.9 Å². The van der Waals surface area contributed by atoms with Crippen LogP contribution in [0.3, 0.4) is 0 Å². The van der Waals surface area contributed by atoms with E-state index in [2.05, 4.69) is 54.5 Å². The van der Waals surface area contributed by atoms with Crippen molar-refractivity contribution in [1.82, 2.24) is 14.7 Å². The number of furan rings is 1. The van der Waals surface area contributed by atoms with Gasteiger partial charge in [0.2, 0.25) is 10.9 Å². The molecule has 4 aliphatic rings. The third kappa shape index (κ3) is 4.99. The molecule has 0 spiro atoms. The Kier molecular flexibility index (Phi) is 9.66. The molecule has 55 heavy (non-hydrogen) atoms. The Morgan fingerprint density at radius 3 is 2.35 bits per heavy atom. The van der Waals surface area contributed by atoms with Gasteiger partial charge < -0.3 is 14.1 Å². The molecule has 4 aliphatic carbocycles. The van der Waals surface area contributed by atoms with Gasteiger partial charge in [-0.05, 0) is 115 Å². The molecule has 3 fully saturated rings. The van der Waals surface area contributed by atoms with E-state index in [1.54, 1.807) is 30.9 Å². The van der Waals surface area contributed by atoms with Gasteiger partial charge in [0, 0.05) is 42.8 Å². The average Bonchev–Trinajstić information content (AvgIpc) is 3.88. The van der Waals surface area contributed by atoms with Crippen LogP contribution in [0, 0.1) is 50.5 Å². The number of esters is 1. The molecule has 7 atom stereocenters. The number of nitrogens with zero attached hydrogens (tertiary/aromatic N) is 3. The van der Waals surface area contributed by atoms with Gasteiger partial charge in [-0.3, -0.25) is 9.59 Å². The number of allylic oxidation sites excluding steroid dienone is 1. The minimum Gasteiger partial charge on any atom is -0.457 e. The molecular weight excluding hydrogens is 721 g/mol. The zero-order valence-corrected chi connectivity index (χ0v) is 34.5. The van der Waals surface area contributed by atoms with E-state index in [4.69, 9.17) is 14.3 Å². The number of halogens is 2. The molecule has 7 rings (SSSR count). The van der Waals surface area contributed by atoms with Crippen LogP contribution in [0.2, 0.25) is 0 Å². The van der Waals surface area contributed by atoms with Crippen molar-refractivity contribution in [3.63, 3.8) is 0 Å². The largest absolute Gasteiger partial charge is 0.457 e. The standard InChI is InChI=1S/C44H55F2N3O5S/c1-10-29-25-43(27(4)5)39(6,17-18-44(43,37(51)55-38(52)48(8)9)54-36(50)35-14-13-19-53-35)42(12-3)16-15-30-20-34-28(24-41(30,11-2)40(29,42)7)26-47-49(34)33-22-31(45)21-32(46)23-33/h13-14,19-23,26-27,29H,10-12,15-18,24-25H2,1-9H3/t29?,39?,40?,41-,42-,43+,44-/m0/s1. The van der Waals surface area contributed by atoms with Gasteiger partial charge in [0.25, 0.3) is 5.24 Å². The van der Waals surface area contributed by atoms with E-state index in [0.29, 0.717) is 36.7 Å². The van der Waals surface area contributed by atoms with Gasteiger partial charge >= 0.3 is 5.97 Å². The predicted molar refractivity (Wildman–Crippen MR) is 209 cm³/mol. The first-order chi connectivity index (χ1) is 26.0. The first kappa shape index (κ1) is 39.5. The minimum atomic E-state index is -1.59. The van der Waals surface area contributed by atoms with Crippen LogP contribution in [0.5, 0.6) is 0 Å². The van der Waals surface area contributed by atoms with Crippen LogP contribution in [-0.2, 0) is 16.0 Å². The number of carbonyl (C=O) groups is 3. The Morgan fingerprint density at radius 2 is 1.76 bits per heavy atom. The number of ether oxygens (including phenoxy) is 1. The van der Waals surface area contributed by atoms with Crippen LogP contribution < -0.4 is 0 Å². The summed E-state index contributed by atoms with van der Waals surface area (Å²) >= 11 is 0.649. The number of rotatable bonds is 8. The summed E-state index contributed by atoms with van der Waals surface area (Å²) in [5, 5.41) is 3.89. The molecule has 1 aromatic carbocycles. The highest BCUT2D eigenvalue weighted by molar-refractivity contribution is 8.26. The van der Waals surface area contributed by atoms with Crippen LogP contribution in [0.15, 0.2) is 52.8 Å². The third-order valence-electron chi connectivity index (χ3n) is 15.9. The van der Waals surface area contributed by atoms with Gasteiger partial charge in [-0.1, -0.05) is 60.5 Å². The lowest BCUT2D eigenvalue weighted by Crippen LogP contribution is -2.75. The quantitative estimate of drug-likeness (QED) is 0.210. The van der Waals surface area contributed by atoms with Crippen LogP contribution >= 0.6 is 11.8 Å². The van der Waals surface area contributed by atoms with Crippen molar-refractivity contribution >= 4 is 34.2 Å². The fourth-order valence-corrected chi connectivity index (χ4v) is 14.5. The SMILES string of the molecule is CCC1C[C@@]2(C(C)C)C(C)(CC[C@]2(OC(=O)c2ccco2)C(=O)SC(=O)N(C)C)[C@]2(CC)CCC3=Cc4c(cnn4-c4cc(F)cc(F)c4)C[C@]3(CC)C12C. The summed E-state index contributed by atoms with van der Waals surface area (Å²) < 4.78 is 42.8. The van der Waals surface area contributed by atoms with Crippen LogP contribution in [0.4, 0.5) is 13.6 Å². The summed E-state index contributed by atoms with van der Waals surface area (Å²) in [5.41, 5.74) is -0.192. The summed E-state index contributed by atoms with van der Waals surface area (Å²) in [5.74, 6) is -1.96. The first-order valence-corrected chi connectivity index (χ1v) is 20.7. The number of amides is 1. The number of fused-ring (bicyclic) bond motifs is 6. The van der Waals surface area contributed by atoms with Crippen molar-refractivity contribution in [2.45, 2.75) is 112 Å². The molecule has 8 nitrogen and oxygen atoms in total. The van der Waals surface area contributed by atoms with Gasteiger partial charge in [0.05, 0.1) is 23.8 Å². The van der Waals surface area contributed by atoms with E-state index in [0.717, 1.165) is 55.8 Å². The second-order valence-electron chi connectivity index (χ2n) is 17.5. The average molecular weight is 776 g/mol. The lowest BCUT2D eigenvalue weighted by atomic mass is 9.25. The zero-order chi connectivity index (χ0) is 39.9. The van der Waals surface area contributed by atoms with Gasteiger partial charge in [-0.2, -0.15) is 5.10 Å². The van der Waals surface area contributed by atoms with Crippen molar-refractivity contribution in [2.24, 2.45) is 38.9 Å². The molecule has 2 aromatic heterocycles. The number of aromatic nitrogens is 2. The second-order valence-corrected chi connectivity index (χ2v) is 18.4. The van der Waals surface area contributed by atoms with Crippen molar-refractivity contribution in [2.75, 3.05) is 14.1 Å². The molecular formula is C44H55F2N3O5S. The molecule has 3 aromatic rings. The molecule has 0 N–H and O–H groups in total. The molecule has 296 valence electrons. The van der Waals surface area contributed by atoms with E-state index >= 15 is 4.79 Å². The van der Waals surface area contributed by atoms with Crippen molar-refractivity contribution < 1.29 is 32.3 Å². The fourth-order valence-electron chi connectivity index (χ4n) is 13.7. The summed E-state index contributed by atoms with van der Waals surface area (Å²) in [6.45, 7) is 16.1. The molecule has 3 unspecified atom stereocenters. The fraction of sp³-hybridized carbons (Fsp3) is 0.591. The maximum absolute atomic E-state index is 15.1. The van der Waals surface area contributed by atoms with E-state index in [-0.39, 0.29) is 33.8 Å². The van der Waals surface area contributed by atoms with E-state index in [1.807, 2.05) is 6.20 Å². The molecule has 3 saturated carbocycles. The third-order valence-corrected chi connectivity index (χ3v) is 16.9. The molecule has 0 bridgehead atoms. The molecule has 0 saturated heterocycles. The normalized spacial score (nSPS) is 33.6. The maximum atomic E-state index is 15.1. The lowest BCUT2D eigenvalue weighted by molar-refractivity contribution is -0.297. The number of benzene rings is 1. The smallest absolute Gasteiger partial charge is 0.375 e. The van der Waals surface area contributed by atoms with Gasteiger partial charge in [-0.15, -0.1) is 0 Å². The van der Waals surface area contributed by atoms with Crippen LogP contribution in [-0.4, -0.2) is 50.7 Å². The number of hydrogen-bond donors (Lipinski definition) is 0. The zero-order valence-electron chi connectivity index (χ0n) is 33.7. The van der Waals surface area contributed by atoms with Crippen molar-refractivity contribution in [1.29, 1.82) is 0 Å². The Balaban J connectivity index is 1.43. The van der Waals surface area contributed by atoms with Crippen molar-refractivity contribution in [3.8, 4) is 5.69 Å². The highest BCUT2D eigenvalue weighted by atomic mass is 32.2. The highest BCUT2D eigenvalue weighted by Crippen LogP contribution is 2.86. The van der Waals surface area contributed by atoms with Gasteiger partial charge in [0.15, 0.2) is 5.60 Å². The highest BCUT2D eigenvalue weighted by Gasteiger charge is 2.84. The molecule has 0 radical (unpaired) electrons. The monoisotopic (exact) mass is 775 g/mol. The molecule has 1 amide bonds. The Hall–Kier alpha value is -3.73. The Labute approximate surface area is 327 Å². The van der Waals surface area contributed by atoms with Gasteiger partial charge in [0.1, 0.15) is 11.6 Å². The Bertz CT molecular complexity index is 2040. The summed E-state index contributed by atoms with van der Waals surface area (Å²) in [6.07, 6.45) is 12.1. The number of carbonyl (C=O) groups excluding carboxylic acids is 3. The topological polar surface area (TPSA) is 94.6 Å². The molecule has 2 heterocycles. The summed E-state index contributed by atoms with van der Waals surface area (Å²) in [4.78, 5) is 43.9. The summed E-state index contributed by atoms with van der Waals surface area (Å²) in [7, 11) is 3.25. The molecule has 0 aliphatic heterocycles. The van der Waals surface area contributed by atoms with Crippen molar-refractivity contribution in [3.05, 3.63) is 77.0 Å². The molecule has 11 heteroatoms. The minimum absolute atomic E-state index is 0.0263. The predicted octanol–water partition coefficient (Wildman–Crippen LogP) is 10.7. The summed E-state index contributed by atoms with van der Waals surface area (Å²) in [6, 6.07) is 6.69. The van der Waals surface area contributed by atoms with E-state index in [9.17, 15) is 18.4 Å². The van der Waals surface area contributed by atoms with Crippen LogP contribution in [0.25, 0.3) is 11.8 Å². The second kappa shape index (κ2) is 13.4. The Morgan fingerprint density at radius 1 is 1.05 bits per heavy atom. The number of hydrogen-bond acceptors (Lipinski definition) is 7. The van der Waals surface area contributed by atoms with Gasteiger partial charge in [-0.25, -0.2) is 18.3 Å².